The monoisotopic (exact) mass is 224 g/mol. The molecule has 0 radical (unpaired) electrons. The van der Waals surface area contributed by atoms with Crippen molar-refractivity contribution >= 4 is 5.97 Å². The maximum Gasteiger partial charge on any atom is 0.307 e. The number of hydrogen-bond donors (Lipinski definition) is 2. The van der Waals surface area contributed by atoms with Crippen LogP contribution in [0.1, 0.15) is 39.0 Å². The van der Waals surface area contributed by atoms with Gasteiger partial charge in [0, 0.05) is 0 Å². The molecule has 2 aliphatic rings. The molecule has 2 rings (SSSR count). The summed E-state index contributed by atoms with van der Waals surface area (Å²) in [6, 6.07) is 0. The van der Waals surface area contributed by atoms with Crippen LogP contribution in [0.2, 0.25) is 0 Å². The van der Waals surface area contributed by atoms with Gasteiger partial charge in [-0.25, -0.2) is 0 Å². The minimum atomic E-state index is -0.691. The van der Waals surface area contributed by atoms with Gasteiger partial charge in [-0.3, -0.25) is 4.79 Å². The first-order valence-corrected chi connectivity index (χ1v) is 6.06. The lowest BCUT2D eigenvalue weighted by atomic mass is 9.62. The lowest BCUT2D eigenvalue weighted by Gasteiger charge is -2.43. The van der Waals surface area contributed by atoms with Crippen molar-refractivity contribution in [1.82, 2.24) is 0 Å². The molecule has 0 bridgehead atoms. The van der Waals surface area contributed by atoms with Gasteiger partial charge in [0.15, 0.2) is 0 Å². The van der Waals surface area contributed by atoms with Crippen LogP contribution in [0.5, 0.6) is 0 Å². The van der Waals surface area contributed by atoms with E-state index in [-0.39, 0.29) is 11.3 Å². The first kappa shape index (κ1) is 11.6. The van der Waals surface area contributed by atoms with Crippen LogP contribution in [0.4, 0.5) is 0 Å². The molecule has 2 N–H and O–H groups in total. The van der Waals surface area contributed by atoms with E-state index >= 15 is 0 Å². The molecular weight excluding hydrogens is 204 g/mol. The third-order valence-corrected chi connectivity index (χ3v) is 4.82. The summed E-state index contributed by atoms with van der Waals surface area (Å²) in [6.45, 7) is 5.98. The van der Waals surface area contributed by atoms with Gasteiger partial charge >= 0.3 is 5.97 Å². The molecule has 1 spiro atoms. The highest BCUT2D eigenvalue weighted by molar-refractivity contribution is 5.71. The van der Waals surface area contributed by atoms with Gasteiger partial charge in [-0.05, 0) is 49.0 Å². The number of aliphatic hydroxyl groups excluding tert-OH is 1. The number of aliphatic carboxylic acids is 1. The molecule has 0 aromatic rings. The second-order valence-corrected chi connectivity index (χ2v) is 5.48. The first-order valence-electron chi connectivity index (χ1n) is 6.06. The predicted molar refractivity (Wildman–Crippen MR) is 61.0 cm³/mol. The van der Waals surface area contributed by atoms with Crippen molar-refractivity contribution in [2.75, 3.05) is 0 Å². The Morgan fingerprint density at radius 2 is 2.19 bits per heavy atom. The summed E-state index contributed by atoms with van der Waals surface area (Å²) >= 11 is 0. The number of rotatable bonds is 1. The molecule has 0 aliphatic heterocycles. The highest BCUT2D eigenvalue weighted by Gasteiger charge is 2.53. The Balaban J connectivity index is 2.27. The molecule has 2 fully saturated rings. The van der Waals surface area contributed by atoms with Crippen molar-refractivity contribution in [2.45, 2.75) is 45.1 Å². The fraction of sp³-hybridized carbons (Fsp3) is 0.769. The van der Waals surface area contributed by atoms with Gasteiger partial charge in [-0.2, -0.15) is 0 Å². The Morgan fingerprint density at radius 3 is 2.75 bits per heavy atom. The highest BCUT2D eigenvalue weighted by Crippen LogP contribution is 2.56. The normalized spacial score (nSPS) is 43.9. The minimum Gasteiger partial charge on any atom is -0.481 e. The van der Waals surface area contributed by atoms with E-state index in [2.05, 4.69) is 13.5 Å². The van der Waals surface area contributed by atoms with E-state index in [1.165, 1.54) is 0 Å². The average molecular weight is 224 g/mol. The summed E-state index contributed by atoms with van der Waals surface area (Å²) in [5.74, 6) is -0.564. The Bertz CT molecular complexity index is 323. The molecule has 2 saturated carbocycles. The number of aliphatic hydroxyl groups is 1. The Labute approximate surface area is 96.2 Å². The third kappa shape index (κ3) is 1.58. The molecule has 3 heteroatoms. The standard InChI is InChI=1S/C13H20O3/c1-8-5-6-13(7-11(8)14)9(2)3-4-10(13)12(15)16/h9-11,14H,1,3-7H2,2H3,(H,15,16)/t9-,10-,11+,13+/m1/s1. The number of carbonyl (C=O) groups is 1. The SMILES string of the molecule is C=C1CC[C@]2(C[C@@H]1O)[C@H](C)CC[C@@H]2C(=O)O. The van der Waals surface area contributed by atoms with E-state index in [9.17, 15) is 15.0 Å². The van der Waals surface area contributed by atoms with E-state index in [0.29, 0.717) is 12.3 Å². The molecular formula is C13H20O3. The van der Waals surface area contributed by atoms with Crippen LogP contribution in [-0.2, 0) is 4.79 Å². The highest BCUT2D eigenvalue weighted by atomic mass is 16.4. The van der Waals surface area contributed by atoms with Crippen molar-refractivity contribution < 1.29 is 15.0 Å². The summed E-state index contributed by atoms with van der Waals surface area (Å²) in [5.41, 5.74) is 0.681. The van der Waals surface area contributed by atoms with Crippen LogP contribution in [0, 0.1) is 17.3 Å². The van der Waals surface area contributed by atoms with E-state index in [1.54, 1.807) is 0 Å². The number of hydrogen-bond acceptors (Lipinski definition) is 2. The first-order chi connectivity index (χ1) is 7.47. The zero-order valence-electron chi connectivity index (χ0n) is 9.78. The van der Waals surface area contributed by atoms with Crippen LogP contribution in [0.15, 0.2) is 12.2 Å². The second kappa shape index (κ2) is 3.88. The summed E-state index contributed by atoms with van der Waals surface area (Å²) in [6.07, 6.45) is 3.46. The molecule has 4 atom stereocenters. The average Bonchev–Trinajstić information content (AvgIpc) is 2.51. The maximum atomic E-state index is 11.3. The Kier molecular flexibility index (Phi) is 2.82. The van der Waals surface area contributed by atoms with Gasteiger partial charge in [-0.1, -0.05) is 13.5 Å². The van der Waals surface area contributed by atoms with E-state index in [1.807, 2.05) is 0 Å². The maximum absolute atomic E-state index is 11.3. The number of carboxylic acids is 1. The predicted octanol–water partition coefficient (Wildman–Crippen LogP) is 2.20. The molecule has 2 aliphatic carbocycles. The molecule has 0 unspecified atom stereocenters. The third-order valence-electron chi connectivity index (χ3n) is 4.82. The van der Waals surface area contributed by atoms with E-state index in [4.69, 9.17) is 0 Å². The van der Waals surface area contributed by atoms with E-state index < -0.39 is 12.1 Å². The van der Waals surface area contributed by atoms with Crippen LogP contribution in [0.25, 0.3) is 0 Å². The summed E-state index contributed by atoms with van der Waals surface area (Å²) < 4.78 is 0. The molecule has 0 aromatic carbocycles. The molecule has 16 heavy (non-hydrogen) atoms. The summed E-state index contributed by atoms with van der Waals surface area (Å²) in [5, 5.41) is 19.2. The van der Waals surface area contributed by atoms with E-state index in [0.717, 1.165) is 31.3 Å². The number of carboxylic acid groups (broad SMARTS) is 1. The van der Waals surface area contributed by atoms with Gasteiger partial charge < -0.3 is 10.2 Å². The molecule has 90 valence electrons. The minimum absolute atomic E-state index is 0.188. The van der Waals surface area contributed by atoms with Crippen molar-refractivity contribution in [3.63, 3.8) is 0 Å². The molecule has 3 nitrogen and oxygen atoms in total. The van der Waals surface area contributed by atoms with Gasteiger partial charge in [0.25, 0.3) is 0 Å². The molecule has 0 aromatic heterocycles. The lowest BCUT2D eigenvalue weighted by Crippen LogP contribution is -2.42. The van der Waals surface area contributed by atoms with Gasteiger partial charge in [0.1, 0.15) is 0 Å². The van der Waals surface area contributed by atoms with Crippen LogP contribution in [-0.4, -0.2) is 22.3 Å². The van der Waals surface area contributed by atoms with Crippen molar-refractivity contribution in [1.29, 1.82) is 0 Å². The Hall–Kier alpha value is -0.830. The zero-order valence-corrected chi connectivity index (χ0v) is 9.78. The van der Waals surface area contributed by atoms with Gasteiger partial charge in [-0.15, -0.1) is 0 Å². The Morgan fingerprint density at radius 1 is 1.50 bits per heavy atom. The van der Waals surface area contributed by atoms with Crippen LogP contribution in [0.3, 0.4) is 0 Å². The molecule has 0 saturated heterocycles. The second-order valence-electron chi connectivity index (χ2n) is 5.48. The zero-order chi connectivity index (χ0) is 11.9. The quantitative estimate of drug-likeness (QED) is 0.671. The van der Waals surface area contributed by atoms with Crippen molar-refractivity contribution in [2.24, 2.45) is 17.3 Å². The summed E-state index contributed by atoms with van der Waals surface area (Å²) in [4.78, 5) is 11.3. The van der Waals surface area contributed by atoms with Gasteiger partial charge in [0.05, 0.1) is 12.0 Å². The molecule has 0 amide bonds. The fourth-order valence-electron chi connectivity index (χ4n) is 3.63. The lowest BCUT2D eigenvalue weighted by molar-refractivity contribution is -0.148. The van der Waals surface area contributed by atoms with Crippen LogP contribution >= 0.6 is 0 Å². The smallest absolute Gasteiger partial charge is 0.307 e. The topological polar surface area (TPSA) is 57.5 Å². The fourth-order valence-corrected chi connectivity index (χ4v) is 3.63. The van der Waals surface area contributed by atoms with Crippen LogP contribution < -0.4 is 0 Å². The van der Waals surface area contributed by atoms with Crippen molar-refractivity contribution in [3.8, 4) is 0 Å². The summed E-state index contributed by atoms with van der Waals surface area (Å²) in [7, 11) is 0. The van der Waals surface area contributed by atoms with Gasteiger partial charge in [0.2, 0.25) is 0 Å². The van der Waals surface area contributed by atoms with Crippen molar-refractivity contribution in [3.05, 3.63) is 12.2 Å². The largest absolute Gasteiger partial charge is 0.481 e. The molecule has 0 heterocycles.